The highest BCUT2D eigenvalue weighted by Gasteiger charge is 2.19. The Bertz CT molecular complexity index is 602. The van der Waals surface area contributed by atoms with Crippen LogP contribution in [0.4, 0.5) is 5.69 Å². The Hall–Kier alpha value is -1.87. The van der Waals surface area contributed by atoms with E-state index in [4.69, 9.17) is 14.6 Å². The van der Waals surface area contributed by atoms with Crippen molar-refractivity contribution in [3.8, 4) is 11.5 Å². The highest BCUT2D eigenvalue weighted by molar-refractivity contribution is 7.89. The van der Waals surface area contributed by atoms with Crippen molar-refractivity contribution in [1.29, 1.82) is 0 Å². The molecule has 1 aromatic carbocycles. The van der Waals surface area contributed by atoms with Gasteiger partial charge in [0.25, 0.3) is 0 Å². The molecule has 0 amide bonds. The predicted molar refractivity (Wildman–Crippen MR) is 76.9 cm³/mol. The van der Waals surface area contributed by atoms with Gasteiger partial charge in [-0.1, -0.05) is 6.92 Å². The lowest BCUT2D eigenvalue weighted by Gasteiger charge is -2.15. The lowest BCUT2D eigenvalue weighted by molar-refractivity contribution is -0.385. The van der Waals surface area contributed by atoms with Gasteiger partial charge in [-0.05, 0) is 12.5 Å². The number of nitrogens with two attached hydrogens (primary N) is 1. The second kappa shape index (κ2) is 7.23. The van der Waals surface area contributed by atoms with Gasteiger partial charge in [-0.25, -0.2) is 13.6 Å². The maximum atomic E-state index is 11.1. The Balaban J connectivity index is 2.88. The summed E-state index contributed by atoms with van der Waals surface area (Å²) in [7, 11) is -2.19. The molecule has 0 fully saturated rings. The first-order valence-electron chi connectivity index (χ1n) is 6.22. The van der Waals surface area contributed by atoms with Crippen LogP contribution < -0.4 is 14.6 Å². The molecule has 9 heteroatoms. The van der Waals surface area contributed by atoms with E-state index in [-0.39, 0.29) is 29.7 Å². The van der Waals surface area contributed by atoms with Gasteiger partial charge in [0.2, 0.25) is 15.8 Å². The molecule has 0 aliphatic heterocycles. The predicted octanol–water partition coefficient (Wildman–Crippen LogP) is 1.30. The number of hydrogen-bond acceptors (Lipinski definition) is 6. The monoisotopic (exact) mass is 318 g/mol. The Kier molecular flexibility index (Phi) is 5.91. The summed E-state index contributed by atoms with van der Waals surface area (Å²) in [6.45, 7) is 1.81. The van der Waals surface area contributed by atoms with E-state index in [1.807, 2.05) is 0 Å². The number of rotatable bonds is 8. The molecule has 0 aromatic heterocycles. The van der Waals surface area contributed by atoms with Crippen molar-refractivity contribution in [1.82, 2.24) is 0 Å². The number of nitrogens with zero attached hydrogens (tertiary/aromatic N) is 1. The van der Waals surface area contributed by atoms with Crippen molar-refractivity contribution in [3.63, 3.8) is 0 Å². The molecule has 1 aromatic rings. The number of ether oxygens (including phenoxy) is 2. The average molecular weight is 318 g/mol. The first-order chi connectivity index (χ1) is 9.76. The molecule has 0 spiro atoms. The van der Waals surface area contributed by atoms with Crippen LogP contribution in [-0.2, 0) is 10.0 Å². The average Bonchev–Trinajstić information content (AvgIpc) is 2.41. The van der Waals surface area contributed by atoms with Gasteiger partial charge >= 0.3 is 5.69 Å². The zero-order chi connectivity index (χ0) is 16.0. The third-order valence-corrected chi connectivity index (χ3v) is 3.82. The minimum atomic E-state index is -3.62. The summed E-state index contributed by atoms with van der Waals surface area (Å²) in [6, 6.07) is 4.11. The van der Waals surface area contributed by atoms with Crippen LogP contribution >= 0.6 is 0 Å². The molecule has 0 saturated heterocycles. The summed E-state index contributed by atoms with van der Waals surface area (Å²) in [5, 5.41) is 15.9. The quantitative estimate of drug-likeness (QED) is 0.569. The van der Waals surface area contributed by atoms with Crippen LogP contribution in [0.2, 0.25) is 0 Å². The third-order valence-electron chi connectivity index (χ3n) is 2.88. The molecule has 0 bridgehead atoms. The lowest BCUT2D eigenvalue weighted by Crippen LogP contribution is -2.26. The number of benzene rings is 1. The second-order valence-corrected chi connectivity index (χ2v) is 6.16. The molecular formula is C12H18N2O6S. The number of primary sulfonamides is 1. The molecule has 0 aliphatic rings. The van der Waals surface area contributed by atoms with E-state index in [2.05, 4.69) is 0 Å². The number of nitro benzene ring substituents is 1. The van der Waals surface area contributed by atoms with Gasteiger partial charge in [0.15, 0.2) is 0 Å². The van der Waals surface area contributed by atoms with Gasteiger partial charge in [0.1, 0.15) is 5.75 Å². The smallest absolute Gasteiger partial charge is 0.311 e. The fourth-order valence-corrected chi connectivity index (χ4v) is 2.70. The van der Waals surface area contributed by atoms with Crippen LogP contribution in [0.1, 0.15) is 13.3 Å². The fourth-order valence-electron chi connectivity index (χ4n) is 1.71. The zero-order valence-electron chi connectivity index (χ0n) is 11.8. The maximum Gasteiger partial charge on any atom is 0.311 e. The van der Waals surface area contributed by atoms with Crippen LogP contribution in [0.3, 0.4) is 0 Å². The summed E-state index contributed by atoms with van der Waals surface area (Å²) >= 11 is 0. The third kappa shape index (κ3) is 5.56. The number of methoxy groups -OCH3 is 1. The SMILES string of the molecule is CCC(COc1cc(OC)ccc1[N+](=O)[O-])CS(N)(=O)=O. The summed E-state index contributed by atoms with van der Waals surface area (Å²) < 4.78 is 32.5. The van der Waals surface area contributed by atoms with Crippen LogP contribution in [0.15, 0.2) is 18.2 Å². The lowest BCUT2D eigenvalue weighted by atomic mass is 10.1. The molecule has 21 heavy (non-hydrogen) atoms. The largest absolute Gasteiger partial charge is 0.497 e. The van der Waals surface area contributed by atoms with Gasteiger partial charge in [-0.3, -0.25) is 10.1 Å². The van der Waals surface area contributed by atoms with Crippen molar-refractivity contribution >= 4 is 15.7 Å². The minimum absolute atomic E-state index is 0.0148. The molecule has 1 unspecified atom stereocenters. The van der Waals surface area contributed by atoms with Crippen LogP contribution in [-0.4, -0.2) is 32.8 Å². The molecule has 8 nitrogen and oxygen atoms in total. The minimum Gasteiger partial charge on any atom is -0.497 e. The molecular weight excluding hydrogens is 300 g/mol. The fraction of sp³-hybridized carbons (Fsp3) is 0.500. The maximum absolute atomic E-state index is 11.1. The van der Waals surface area contributed by atoms with Gasteiger partial charge in [0.05, 0.1) is 24.4 Å². The van der Waals surface area contributed by atoms with Crippen molar-refractivity contribution < 1.29 is 22.8 Å². The second-order valence-electron chi connectivity index (χ2n) is 4.51. The first kappa shape index (κ1) is 17.2. The molecule has 118 valence electrons. The molecule has 0 heterocycles. The van der Waals surface area contributed by atoms with E-state index >= 15 is 0 Å². The summed E-state index contributed by atoms with van der Waals surface area (Å²) in [5.74, 6) is -0.130. The normalized spacial score (nSPS) is 12.7. The number of sulfonamides is 1. The summed E-state index contributed by atoms with van der Waals surface area (Å²) in [6.07, 6.45) is 0.522. The van der Waals surface area contributed by atoms with E-state index in [1.54, 1.807) is 6.92 Å². The Morgan fingerprint density at radius 1 is 1.43 bits per heavy atom. The van der Waals surface area contributed by atoms with Crippen molar-refractivity contribution in [2.24, 2.45) is 11.1 Å². The molecule has 0 aliphatic carbocycles. The highest BCUT2D eigenvalue weighted by Crippen LogP contribution is 2.31. The van der Waals surface area contributed by atoms with E-state index < -0.39 is 14.9 Å². The molecule has 2 N–H and O–H groups in total. The van der Waals surface area contributed by atoms with E-state index in [0.717, 1.165) is 0 Å². The Morgan fingerprint density at radius 2 is 2.10 bits per heavy atom. The van der Waals surface area contributed by atoms with Crippen LogP contribution in [0.25, 0.3) is 0 Å². The zero-order valence-corrected chi connectivity index (χ0v) is 12.6. The van der Waals surface area contributed by atoms with E-state index in [9.17, 15) is 18.5 Å². The van der Waals surface area contributed by atoms with E-state index in [0.29, 0.717) is 12.2 Å². The Labute approximate surface area is 123 Å². The molecule has 1 atom stereocenters. The summed E-state index contributed by atoms with van der Waals surface area (Å²) in [5.41, 5.74) is -0.207. The van der Waals surface area contributed by atoms with Crippen LogP contribution in [0.5, 0.6) is 11.5 Å². The van der Waals surface area contributed by atoms with Crippen molar-refractivity contribution in [2.45, 2.75) is 13.3 Å². The Morgan fingerprint density at radius 3 is 2.57 bits per heavy atom. The van der Waals surface area contributed by atoms with E-state index in [1.165, 1.54) is 25.3 Å². The van der Waals surface area contributed by atoms with Gasteiger partial charge in [-0.2, -0.15) is 0 Å². The standard InChI is InChI=1S/C12H18N2O6S/c1-3-9(8-21(13,17)18)7-20-12-6-10(19-2)4-5-11(12)14(15)16/h4-6,9H,3,7-8H2,1-2H3,(H2,13,17,18). The van der Waals surface area contributed by atoms with Gasteiger partial charge in [0, 0.05) is 18.1 Å². The number of nitro groups is 1. The van der Waals surface area contributed by atoms with Crippen molar-refractivity contribution in [2.75, 3.05) is 19.5 Å². The van der Waals surface area contributed by atoms with Gasteiger partial charge in [-0.15, -0.1) is 0 Å². The molecule has 0 radical (unpaired) electrons. The van der Waals surface area contributed by atoms with Gasteiger partial charge < -0.3 is 9.47 Å². The topological polar surface area (TPSA) is 122 Å². The highest BCUT2D eigenvalue weighted by atomic mass is 32.2. The number of hydrogen-bond donors (Lipinski definition) is 1. The van der Waals surface area contributed by atoms with Crippen LogP contribution in [0, 0.1) is 16.0 Å². The molecule has 0 saturated carbocycles. The molecule has 1 rings (SSSR count). The first-order valence-corrected chi connectivity index (χ1v) is 7.94. The van der Waals surface area contributed by atoms with Crippen molar-refractivity contribution in [3.05, 3.63) is 28.3 Å². The summed E-state index contributed by atoms with van der Waals surface area (Å²) in [4.78, 5) is 10.4.